The van der Waals surface area contributed by atoms with E-state index in [1.54, 1.807) is 5.31 Å². The van der Waals surface area contributed by atoms with Crippen LogP contribution in [0.15, 0.2) is 36.4 Å². The fourth-order valence-electron chi connectivity index (χ4n) is 3.40. The van der Waals surface area contributed by atoms with Gasteiger partial charge in [0.1, 0.15) is 0 Å². The zero-order chi connectivity index (χ0) is 16.3. The number of hydrogen-bond acceptors (Lipinski definition) is 0. The Kier molecular flexibility index (Phi) is 13.1. The van der Waals surface area contributed by atoms with E-state index in [4.69, 9.17) is 0 Å². The van der Waals surface area contributed by atoms with E-state index in [1.165, 1.54) is 62.6 Å². The van der Waals surface area contributed by atoms with Crippen LogP contribution in [0.5, 0.6) is 0 Å². The van der Waals surface area contributed by atoms with E-state index in [0.29, 0.717) is 0 Å². The van der Waals surface area contributed by atoms with Crippen LogP contribution in [0.3, 0.4) is 0 Å². The quantitative estimate of drug-likeness (QED) is 0.482. The van der Waals surface area contributed by atoms with Crippen LogP contribution >= 0.6 is 7.26 Å². The van der Waals surface area contributed by atoms with Gasteiger partial charge in [0.2, 0.25) is 0 Å². The molecule has 0 aliphatic rings. The molecule has 0 saturated carbocycles. The van der Waals surface area contributed by atoms with E-state index < -0.39 is 7.26 Å². The lowest BCUT2D eigenvalue weighted by molar-refractivity contribution is -0.00000484. The molecule has 1 rings (SSSR count). The monoisotopic (exact) mass is 398 g/mol. The molecule has 1 aromatic rings. The second-order valence-electron chi connectivity index (χ2n) is 6.42. The molecule has 23 heavy (non-hydrogen) atoms. The first-order chi connectivity index (χ1) is 10.7. The lowest BCUT2D eigenvalue weighted by Crippen LogP contribution is -3.00. The van der Waals surface area contributed by atoms with Gasteiger partial charge in [-0.05, 0) is 32.3 Å². The van der Waals surface area contributed by atoms with Crippen LogP contribution in [0.2, 0.25) is 0 Å². The van der Waals surface area contributed by atoms with Crippen molar-refractivity contribution in [3.8, 4) is 0 Å². The summed E-state index contributed by atoms with van der Waals surface area (Å²) < 4.78 is 0. The molecular weight excluding hydrogens is 363 g/mol. The molecule has 132 valence electrons. The van der Waals surface area contributed by atoms with Crippen molar-refractivity contribution in [1.82, 2.24) is 0 Å². The molecule has 0 heterocycles. The van der Waals surface area contributed by atoms with Crippen molar-refractivity contribution < 1.29 is 17.0 Å². The van der Waals surface area contributed by atoms with Gasteiger partial charge < -0.3 is 17.0 Å². The van der Waals surface area contributed by atoms with Crippen molar-refractivity contribution in [1.29, 1.82) is 0 Å². The highest BCUT2D eigenvalue weighted by Crippen LogP contribution is 2.70. The Labute approximate surface area is 156 Å². The number of hydrogen-bond donors (Lipinski definition) is 0. The Morgan fingerprint density at radius 3 is 1.61 bits per heavy atom. The van der Waals surface area contributed by atoms with E-state index in [9.17, 15) is 0 Å². The second kappa shape index (κ2) is 13.2. The zero-order valence-electron chi connectivity index (χ0n) is 15.7. The van der Waals surface area contributed by atoms with Crippen molar-refractivity contribution in [2.45, 2.75) is 66.2 Å². The van der Waals surface area contributed by atoms with Crippen molar-refractivity contribution in [3.05, 3.63) is 42.0 Å². The molecule has 0 radical (unpaired) electrons. The molecule has 0 N–H and O–H groups in total. The smallest absolute Gasteiger partial charge is 0.0968 e. The summed E-state index contributed by atoms with van der Waals surface area (Å²) in [5, 5.41) is 1.71. The molecule has 0 nitrogen and oxygen atoms in total. The molecule has 0 unspecified atom stereocenters. The molecule has 0 spiro atoms. The number of benzene rings is 1. The molecule has 0 saturated heterocycles. The highest BCUT2D eigenvalue weighted by molar-refractivity contribution is 7.85. The van der Waals surface area contributed by atoms with Crippen LogP contribution in [0, 0.1) is 0 Å². The SMILES string of the molecule is CC=C(c1ccccc1)[P+](CCCC)(CCCC)CCCC.[Br-]. The topological polar surface area (TPSA) is 0 Å². The second-order valence-corrected chi connectivity index (χ2v) is 10.5. The van der Waals surface area contributed by atoms with E-state index in [1.807, 2.05) is 0 Å². The standard InChI is InChI=1S/C21H36P.BrH/c1-5-9-17-22(18-10-6-2,19-11-7-3)21(8-4)20-15-13-12-14-16-20;/h8,12-16H,5-7,9-11,17-19H2,1-4H3;1H/q+1;/p-1. The van der Waals surface area contributed by atoms with Gasteiger partial charge in [-0.3, -0.25) is 0 Å². The highest BCUT2D eigenvalue weighted by Gasteiger charge is 2.40. The van der Waals surface area contributed by atoms with Crippen LogP contribution in [-0.4, -0.2) is 18.5 Å². The van der Waals surface area contributed by atoms with E-state index in [0.717, 1.165) is 0 Å². The molecule has 1 aromatic carbocycles. The predicted octanol–water partition coefficient (Wildman–Crippen LogP) is 4.47. The minimum Gasteiger partial charge on any atom is -1.00 e. The first kappa shape index (κ1) is 22.9. The van der Waals surface area contributed by atoms with E-state index in [-0.39, 0.29) is 17.0 Å². The molecule has 0 aliphatic heterocycles. The van der Waals surface area contributed by atoms with Crippen molar-refractivity contribution >= 4 is 12.6 Å². The first-order valence-corrected chi connectivity index (χ1v) is 11.7. The third-order valence-corrected chi connectivity index (χ3v) is 9.73. The molecule has 0 amide bonds. The minimum absolute atomic E-state index is 0. The molecule has 0 aliphatic carbocycles. The van der Waals surface area contributed by atoms with Gasteiger partial charge in [0.05, 0.1) is 23.8 Å². The third-order valence-electron chi connectivity index (χ3n) is 4.67. The van der Waals surface area contributed by atoms with Gasteiger partial charge >= 0.3 is 0 Å². The van der Waals surface area contributed by atoms with Crippen LogP contribution in [-0.2, 0) is 0 Å². The molecular formula is C21H36BrP. The number of allylic oxidation sites excluding steroid dienone is 1. The predicted molar refractivity (Wildman–Crippen MR) is 106 cm³/mol. The van der Waals surface area contributed by atoms with Crippen LogP contribution in [0.4, 0.5) is 0 Å². The average Bonchev–Trinajstić information content (AvgIpc) is 2.57. The van der Waals surface area contributed by atoms with Crippen LogP contribution < -0.4 is 17.0 Å². The number of rotatable bonds is 11. The normalized spacial score (nSPS) is 12.1. The minimum atomic E-state index is -1.02. The summed E-state index contributed by atoms with van der Waals surface area (Å²) >= 11 is 0. The Balaban J connectivity index is 0.00000484. The Hall–Kier alpha value is -0.130. The van der Waals surface area contributed by atoms with Gasteiger partial charge in [-0.25, -0.2) is 0 Å². The lowest BCUT2D eigenvalue weighted by Gasteiger charge is -2.30. The maximum Gasteiger partial charge on any atom is 0.0968 e. The average molecular weight is 399 g/mol. The van der Waals surface area contributed by atoms with E-state index >= 15 is 0 Å². The zero-order valence-corrected chi connectivity index (χ0v) is 18.1. The summed E-state index contributed by atoms with van der Waals surface area (Å²) in [5.41, 5.74) is 1.49. The van der Waals surface area contributed by atoms with Gasteiger partial charge in [-0.2, -0.15) is 0 Å². The maximum absolute atomic E-state index is 2.45. The van der Waals surface area contributed by atoms with Crippen molar-refractivity contribution in [2.24, 2.45) is 0 Å². The summed E-state index contributed by atoms with van der Waals surface area (Å²) in [5.74, 6) is 0. The van der Waals surface area contributed by atoms with Crippen molar-refractivity contribution in [2.75, 3.05) is 18.5 Å². The molecule has 0 bridgehead atoms. The van der Waals surface area contributed by atoms with Crippen molar-refractivity contribution in [3.63, 3.8) is 0 Å². The number of halogens is 1. The summed E-state index contributed by atoms with van der Waals surface area (Å²) in [6.45, 7) is 9.28. The van der Waals surface area contributed by atoms with Crippen LogP contribution in [0.25, 0.3) is 5.31 Å². The summed E-state index contributed by atoms with van der Waals surface area (Å²) in [4.78, 5) is 0. The largest absolute Gasteiger partial charge is 1.00 e. The summed E-state index contributed by atoms with van der Waals surface area (Å²) in [7, 11) is -1.02. The fraction of sp³-hybridized carbons (Fsp3) is 0.619. The molecule has 0 aromatic heterocycles. The van der Waals surface area contributed by atoms with Gasteiger partial charge in [0.15, 0.2) is 0 Å². The lowest BCUT2D eigenvalue weighted by atomic mass is 10.2. The fourth-order valence-corrected chi connectivity index (χ4v) is 8.81. The van der Waals surface area contributed by atoms with Gasteiger partial charge in [0, 0.05) is 12.8 Å². The molecule has 2 heteroatoms. The molecule has 0 fully saturated rings. The highest BCUT2D eigenvalue weighted by atomic mass is 79.9. The summed E-state index contributed by atoms with van der Waals surface area (Å²) in [6.07, 6.45) is 15.0. The Bertz CT molecular complexity index is 403. The van der Waals surface area contributed by atoms with Crippen LogP contribution in [0.1, 0.15) is 71.8 Å². The third kappa shape index (κ3) is 7.10. The van der Waals surface area contributed by atoms with E-state index in [2.05, 4.69) is 64.1 Å². The Morgan fingerprint density at radius 1 is 0.826 bits per heavy atom. The summed E-state index contributed by atoms with van der Waals surface area (Å²) in [6, 6.07) is 11.2. The molecule has 0 atom stereocenters. The Morgan fingerprint density at radius 2 is 1.26 bits per heavy atom. The van der Waals surface area contributed by atoms with Gasteiger partial charge in [-0.15, -0.1) is 0 Å². The maximum atomic E-state index is 2.45. The number of unbranched alkanes of at least 4 members (excludes halogenated alkanes) is 3. The van der Waals surface area contributed by atoms with Gasteiger partial charge in [-0.1, -0.05) is 70.4 Å². The van der Waals surface area contributed by atoms with Gasteiger partial charge in [0.25, 0.3) is 0 Å². The first-order valence-electron chi connectivity index (χ1n) is 9.32.